The van der Waals surface area contributed by atoms with E-state index in [0.29, 0.717) is 11.4 Å². The van der Waals surface area contributed by atoms with E-state index in [1.165, 1.54) is 11.0 Å². The fourth-order valence-electron chi connectivity index (χ4n) is 3.97. The van der Waals surface area contributed by atoms with Crippen molar-refractivity contribution < 1.29 is 29.6 Å². The Balaban J connectivity index is 1.72. The molecule has 4 rings (SSSR count). The maximum atomic E-state index is 12.9. The Labute approximate surface area is 143 Å². The number of amides is 2. The minimum Gasteiger partial charge on any atom is -0.399 e. The van der Waals surface area contributed by atoms with Gasteiger partial charge in [0.05, 0.1) is 24.4 Å². The van der Waals surface area contributed by atoms with Gasteiger partial charge in [-0.15, -0.1) is 0 Å². The predicted molar refractivity (Wildman–Crippen MR) is 85.6 cm³/mol. The summed E-state index contributed by atoms with van der Waals surface area (Å²) < 4.78 is 5.68. The molecule has 0 radical (unpaired) electrons. The molecular weight excluding hydrogens is 330 g/mol. The monoisotopic (exact) mass is 349 g/mol. The molecule has 0 aliphatic carbocycles. The van der Waals surface area contributed by atoms with Crippen LogP contribution in [0, 0.1) is 0 Å². The van der Waals surface area contributed by atoms with Crippen molar-refractivity contribution in [3.63, 3.8) is 0 Å². The van der Waals surface area contributed by atoms with E-state index in [1.54, 1.807) is 12.1 Å². The summed E-state index contributed by atoms with van der Waals surface area (Å²) in [5.41, 5.74) is 5.50. The van der Waals surface area contributed by atoms with Gasteiger partial charge in [0.1, 0.15) is 30.0 Å². The second-order valence-corrected chi connectivity index (χ2v) is 6.79. The second-order valence-electron chi connectivity index (χ2n) is 6.79. The molecule has 25 heavy (non-hydrogen) atoms. The van der Waals surface area contributed by atoms with Gasteiger partial charge in [0.15, 0.2) is 0 Å². The number of carbonyl (C=O) groups is 2. The second kappa shape index (κ2) is 5.40. The fourth-order valence-corrected chi connectivity index (χ4v) is 3.97. The summed E-state index contributed by atoms with van der Waals surface area (Å²) in [5.74, 6) is -0.799. The van der Waals surface area contributed by atoms with Crippen LogP contribution in [0.5, 0.6) is 0 Å². The van der Waals surface area contributed by atoms with Crippen LogP contribution in [0.15, 0.2) is 18.2 Å². The number of fused-ring (bicyclic) bond motifs is 2. The third-order valence-electron chi connectivity index (χ3n) is 5.26. The highest BCUT2D eigenvalue weighted by atomic mass is 16.6. The lowest BCUT2D eigenvalue weighted by Gasteiger charge is -2.27. The number of rotatable bonds is 1. The first-order valence-corrected chi connectivity index (χ1v) is 8.02. The highest BCUT2D eigenvalue weighted by Gasteiger charge is 2.61. The molecule has 9 nitrogen and oxygen atoms in total. The number of benzene rings is 1. The van der Waals surface area contributed by atoms with E-state index >= 15 is 0 Å². The highest BCUT2D eigenvalue weighted by molar-refractivity contribution is 6.10. The van der Waals surface area contributed by atoms with E-state index < -0.39 is 48.4 Å². The van der Waals surface area contributed by atoms with Crippen LogP contribution in [0.25, 0.3) is 0 Å². The standard InChI is InChI=1S/C16H19N3O6/c17-7-1-2-9-8(3-7)15(24)19-6-16(4-10(19)14(23)18-9)13(22)12(21)11(5-20)25-16/h1-3,10-13,20-22H,4-6,17H2,(H,18,23)/t10-,11-,12-,13+,16+/m0/s1. The summed E-state index contributed by atoms with van der Waals surface area (Å²) >= 11 is 0. The van der Waals surface area contributed by atoms with Crippen molar-refractivity contribution in [3.8, 4) is 0 Å². The summed E-state index contributed by atoms with van der Waals surface area (Å²) in [6.45, 7) is -0.531. The van der Waals surface area contributed by atoms with Gasteiger partial charge < -0.3 is 36.0 Å². The number of anilines is 2. The number of carbonyl (C=O) groups excluding carboxylic acids is 2. The van der Waals surface area contributed by atoms with Gasteiger partial charge in [-0.3, -0.25) is 9.59 Å². The van der Waals surface area contributed by atoms with Crippen molar-refractivity contribution in [1.82, 2.24) is 4.90 Å². The quantitative estimate of drug-likeness (QED) is 0.379. The lowest BCUT2D eigenvalue weighted by Crippen LogP contribution is -2.46. The molecule has 1 aromatic carbocycles. The average molecular weight is 349 g/mol. The normalized spacial score (nSPS) is 37.0. The zero-order chi connectivity index (χ0) is 17.9. The molecule has 0 aromatic heterocycles. The third kappa shape index (κ3) is 2.24. The first-order valence-electron chi connectivity index (χ1n) is 8.02. The van der Waals surface area contributed by atoms with Crippen LogP contribution in [0.1, 0.15) is 16.8 Å². The number of nitrogens with one attached hydrogen (secondary N) is 1. The van der Waals surface area contributed by atoms with Crippen molar-refractivity contribution >= 4 is 23.2 Å². The molecule has 5 atom stereocenters. The van der Waals surface area contributed by atoms with Gasteiger partial charge in [0.2, 0.25) is 5.91 Å². The van der Waals surface area contributed by atoms with Crippen LogP contribution in [-0.2, 0) is 9.53 Å². The third-order valence-corrected chi connectivity index (χ3v) is 5.26. The number of nitrogens with two attached hydrogens (primary N) is 1. The molecule has 0 unspecified atom stereocenters. The summed E-state index contributed by atoms with van der Waals surface area (Å²) in [4.78, 5) is 26.8. The molecule has 1 spiro atoms. The number of nitrogens with zero attached hydrogens (tertiary/aromatic N) is 1. The molecule has 3 aliphatic rings. The lowest BCUT2D eigenvalue weighted by atomic mass is 9.91. The van der Waals surface area contributed by atoms with Crippen molar-refractivity contribution in [2.45, 2.75) is 36.4 Å². The smallest absolute Gasteiger partial charge is 0.256 e. The summed E-state index contributed by atoms with van der Waals surface area (Å²) in [6, 6.07) is 3.81. The summed E-state index contributed by atoms with van der Waals surface area (Å²) in [7, 11) is 0. The fraction of sp³-hybridized carbons (Fsp3) is 0.500. The molecule has 1 aromatic rings. The maximum absolute atomic E-state index is 12.9. The minimum atomic E-state index is -1.31. The van der Waals surface area contributed by atoms with Crippen LogP contribution in [0.3, 0.4) is 0 Å². The van der Waals surface area contributed by atoms with E-state index in [-0.39, 0.29) is 18.5 Å². The molecule has 6 N–H and O–H groups in total. The molecule has 0 bridgehead atoms. The van der Waals surface area contributed by atoms with E-state index in [2.05, 4.69) is 5.32 Å². The number of nitrogen functional groups attached to an aromatic ring is 1. The predicted octanol–water partition coefficient (Wildman–Crippen LogP) is -1.71. The highest BCUT2D eigenvalue weighted by Crippen LogP contribution is 2.43. The maximum Gasteiger partial charge on any atom is 0.256 e. The number of aliphatic hydroxyl groups is 3. The van der Waals surface area contributed by atoms with E-state index in [0.717, 1.165) is 0 Å². The number of aliphatic hydroxyl groups excluding tert-OH is 3. The van der Waals surface area contributed by atoms with Crippen LogP contribution in [0.2, 0.25) is 0 Å². The molecule has 9 heteroatoms. The topological polar surface area (TPSA) is 145 Å². The van der Waals surface area contributed by atoms with Gasteiger partial charge in [-0.25, -0.2) is 0 Å². The lowest BCUT2D eigenvalue weighted by molar-refractivity contribution is -0.120. The van der Waals surface area contributed by atoms with Crippen LogP contribution >= 0.6 is 0 Å². The van der Waals surface area contributed by atoms with Crippen LogP contribution < -0.4 is 11.1 Å². The van der Waals surface area contributed by atoms with Crippen molar-refractivity contribution in [1.29, 1.82) is 0 Å². The minimum absolute atomic E-state index is 0.0305. The van der Waals surface area contributed by atoms with Crippen LogP contribution in [0.4, 0.5) is 11.4 Å². The first-order chi connectivity index (χ1) is 11.9. The molecule has 3 aliphatic heterocycles. The molecule has 134 valence electrons. The van der Waals surface area contributed by atoms with Gasteiger partial charge in [-0.1, -0.05) is 0 Å². The molecule has 0 saturated carbocycles. The Hall–Kier alpha value is -2.20. The van der Waals surface area contributed by atoms with E-state index in [4.69, 9.17) is 10.5 Å². The summed E-state index contributed by atoms with van der Waals surface area (Å²) in [5, 5.41) is 32.4. The Morgan fingerprint density at radius 1 is 1.36 bits per heavy atom. The SMILES string of the molecule is Nc1ccc2c(c1)C(=O)N1C[C@@]3(C[C@H]1C(=O)N2)O[C@@H](CO)[C@H](O)[C@H]3O. The number of hydrogen-bond acceptors (Lipinski definition) is 7. The van der Waals surface area contributed by atoms with Crippen molar-refractivity contribution in [3.05, 3.63) is 23.8 Å². The number of ether oxygens (including phenoxy) is 1. The Bertz CT molecular complexity index is 755. The zero-order valence-electron chi connectivity index (χ0n) is 13.3. The number of hydrogen-bond donors (Lipinski definition) is 5. The molecule has 2 saturated heterocycles. The van der Waals surface area contributed by atoms with E-state index in [1.807, 2.05) is 0 Å². The van der Waals surface area contributed by atoms with E-state index in [9.17, 15) is 24.9 Å². The zero-order valence-corrected chi connectivity index (χ0v) is 13.3. The Morgan fingerprint density at radius 2 is 2.12 bits per heavy atom. The van der Waals surface area contributed by atoms with Crippen molar-refractivity contribution in [2.24, 2.45) is 0 Å². The largest absolute Gasteiger partial charge is 0.399 e. The van der Waals surface area contributed by atoms with Crippen molar-refractivity contribution in [2.75, 3.05) is 24.2 Å². The first kappa shape index (κ1) is 16.3. The average Bonchev–Trinajstić information content (AvgIpc) is 3.07. The molecule has 2 amide bonds. The van der Waals surface area contributed by atoms with Gasteiger partial charge >= 0.3 is 0 Å². The van der Waals surface area contributed by atoms with Gasteiger partial charge in [0, 0.05) is 12.1 Å². The molecule has 3 heterocycles. The van der Waals surface area contributed by atoms with Gasteiger partial charge in [-0.2, -0.15) is 0 Å². The van der Waals surface area contributed by atoms with Gasteiger partial charge in [-0.05, 0) is 18.2 Å². The summed E-state index contributed by atoms with van der Waals surface area (Å²) in [6.07, 6.45) is -3.52. The Morgan fingerprint density at radius 3 is 2.80 bits per heavy atom. The van der Waals surface area contributed by atoms with Gasteiger partial charge in [0.25, 0.3) is 5.91 Å². The van der Waals surface area contributed by atoms with Crippen LogP contribution in [-0.4, -0.2) is 75.1 Å². The Kier molecular flexibility index (Phi) is 3.51. The molecule has 2 fully saturated rings. The molecular formula is C16H19N3O6.